The van der Waals surface area contributed by atoms with E-state index in [2.05, 4.69) is 14.8 Å². The van der Waals surface area contributed by atoms with Gasteiger partial charge in [-0.3, -0.25) is 19.1 Å². The number of primary amides is 1. The topological polar surface area (TPSA) is 195 Å². The molecule has 1 aromatic carbocycles. The van der Waals surface area contributed by atoms with Gasteiger partial charge in [-0.1, -0.05) is 56.4 Å². The molecule has 51 heavy (non-hydrogen) atoms. The molecule has 0 bridgehead atoms. The Labute approximate surface area is 296 Å². The Morgan fingerprint density at radius 2 is 1.69 bits per heavy atom. The maximum atomic E-state index is 13.7. The van der Waals surface area contributed by atoms with Crippen molar-refractivity contribution in [3.8, 4) is 0 Å². The lowest BCUT2D eigenvalue weighted by Gasteiger charge is -2.29. The van der Waals surface area contributed by atoms with Gasteiger partial charge in [0.2, 0.25) is 27.7 Å². The number of fused-ring (bicyclic) bond motifs is 1. The van der Waals surface area contributed by atoms with E-state index in [0.29, 0.717) is 51.6 Å². The number of alkyl carbamates (subject to hydrolysis) is 1. The van der Waals surface area contributed by atoms with Gasteiger partial charge in [0, 0.05) is 25.4 Å². The maximum absolute atomic E-state index is 13.7. The highest BCUT2D eigenvalue weighted by atomic mass is 32.2. The van der Waals surface area contributed by atoms with Crippen molar-refractivity contribution in [2.75, 3.05) is 19.7 Å². The first kappa shape index (κ1) is 38.2. The second-order valence-corrected chi connectivity index (χ2v) is 15.9. The van der Waals surface area contributed by atoms with Gasteiger partial charge >= 0.3 is 12.2 Å². The summed E-state index contributed by atoms with van der Waals surface area (Å²) in [5.41, 5.74) is 7.78. The molecule has 2 aliphatic heterocycles. The van der Waals surface area contributed by atoms with Crippen LogP contribution in [-0.4, -0.2) is 97.7 Å². The van der Waals surface area contributed by atoms with Crippen molar-refractivity contribution < 1.29 is 50.6 Å². The van der Waals surface area contributed by atoms with Gasteiger partial charge in [0.15, 0.2) is 6.61 Å². The summed E-state index contributed by atoms with van der Waals surface area (Å²) in [7, 11) is -3.55. The number of benzene rings is 1. The zero-order valence-corrected chi connectivity index (χ0v) is 29.3. The van der Waals surface area contributed by atoms with Crippen LogP contribution in [0.3, 0.4) is 0 Å². The molecule has 0 spiro atoms. The fourth-order valence-corrected chi connectivity index (χ4v) is 8.25. The number of rotatable bonds is 17. The lowest BCUT2D eigenvalue weighted by molar-refractivity contribution is -0.139. The third kappa shape index (κ3) is 10.7. The molecule has 0 aromatic heterocycles. The average Bonchev–Trinajstić information content (AvgIpc) is 4.03. The first-order chi connectivity index (χ1) is 24.3. The van der Waals surface area contributed by atoms with Gasteiger partial charge < -0.3 is 30.3 Å². The first-order valence-electron chi connectivity index (χ1n) is 17.7. The van der Waals surface area contributed by atoms with Crippen LogP contribution >= 0.6 is 0 Å². The van der Waals surface area contributed by atoms with Crippen molar-refractivity contribution >= 4 is 39.9 Å². The molecular weight excluding hydrogens is 692 g/mol. The first-order valence-corrected chi connectivity index (χ1v) is 19.3. The van der Waals surface area contributed by atoms with Gasteiger partial charge in [-0.25, -0.2) is 26.8 Å². The fourth-order valence-electron chi connectivity index (χ4n) is 6.90. The monoisotopic (exact) mass is 739 g/mol. The summed E-state index contributed by atoms with van der Waals surface area (Å²) in [4.78, 5) is 66.5. The van der Waals surface area contributed by atoms with Gasteiger partial charge in [-0.15, -0.1) is 0 Å². The predicted octanol–water partition coefficient (Wildman–Crippen LogP) is 2.97. The fraction of sp³-hybridized carbons (Fsp3) is 0.676. The van der Waals surface area contributed by atoms with Crippen molar-refractivity contribution in [3.63, 3.8) is 0 Å². The molecule has 2 aliphatic carbocycles. The number of hydrogen-bond donors (Lipinski definition) is 3. The van der Waals surface area contributed by atoms with Gasteiger partial charge in [-0.05, 0) is 55.6 Å². The molecule has 14 nitrogen and oxygen atoms in total. The van der Waals surface area contributed by atoms with E-state index < -0.39 is 76.4 Å². The van der Waals surface area contributed by atoms with Gasteiger partial charge in [0.25, 0.3) is 6.43 Å². The highest BCUT2D eigenvalue weighted by Crippen LogP contribution is 2.43. The largest absolute Gasteiger partial charge is 0.444 e. The Morgan fingerprint density at radius 1 is 0.980 bits per heavy atom. The number of nitrogens with one attached hydrogen (secondary N) is 2. The van der Waals surface area contributed by atoms with E-state index in [1.165, 1.54) is 4.90 Å². The van der Waals surface area contributed by atoms with E-state index in [0.717, 1.165) is 36.8 Å². The third-order valence-electron chi connectivity index (χ3n) is 9.99. The van der Waals surface area contributed by atoms with Crippen LogP contribution in [0.1, 0.15) is 81.8 Å². The lowest BCUT2D eigenvalue weighted by atomic mass is 10.0. The summed E-state index contributed by atoms with van der Waals surface area (Å²) in [5, 5.41) is 1.91. The molecule has 2 saturated carbocycles. The van der Waals surface area contributed by atoms with E-state index in [-0.39, 0.29) is 31.2 Å². The zero-order valence-electron chi connectivity index (χ0n) is 28.5. The molecule has 0 radical (unpaired) electrons. The second kappa shape index (κ2) is 17.0. The Morgan fingerprint density at radius 3 is 2.39 bits per heavy atom. The number of carbonyl (C=O) groups excluding carboxylic acids is 5. The second-order valence-electron chi connectivity index (χ2n) is 13.9. The van der Waals surface area contributed by atoms with E-state index in [1.807, 2.05) is 24.3 Å². The Bertz CT molecular complexity index is 1560. The number of nitrogens with zero attached hydrogens (tertiary/aromatic N) is 2. The van der Waals surface area contributed by atoms with E-state index in [1.54, 1.807) is 4.90 Å². The molecular formula is C34H47F2N5O9S. The number of alkyl halides is 2. The number of amides is 5. The summed E-state index contributed by atoms with van der Waals surface area (Å²) in [6.07, 6.45) is 1.47. The van der Waals surface area contributed by atoms with Crippen LogP contribution in [0.25, 0.3) is 0 Å². The van der Waals surface area contributed by atoms with Crippen LogP contribution in [0.2, 0.25) is 0 Å². The normalized spacial score (nSPS) is 23.3. The number of ether oxygens (including phenoxy) is 2. The minimum absolute atomic E-state index is 0.0281. The number of hydrogen-bond acceptors (Lipinski definition) is 9. The molecule has 1 aromatic rings. The van der Waals surface area contributed by atoms with Gasteiger partial charge in [-0.2, -0.15) is 0 Å². The number of nitrogens with two attached hydrogens (primary N) is 1. The van der Waals surface area contributed by atoms with Crippen molar-refractivity contribution in [1.29, 1.82) is 0 Å². The molecule has 4 aliphatic rings. The zero-order chi connectivity index (χ0) is 36.7. The molecule has 5 amide bonds. The molecule has 17 heteroatoms. The SMILES string of the molecule is NC(=O)[C@@H]1C[C@@H](OC(=O)N2CCc3ccccc3C2)CN1C(=O)[C@H](CCCCCCC[C@@H]1C[C@@H]1C(=O)NS(=O)(=O)C1CC1)NC(=O)OCC(F)F. The quantitative estimate of drug-likeness (QED) is 0.201. The van der Waals surface area contributed by atoms with Crippen molar-refractivity contribution in [2.45, 2.75) is 113 Å². The maximum Gasteiger partial charge on any atom is 0.410 e. The van der Waals surface area contributed by atoms with E-state index in [4.69, 9.17) is 10.5 Å². The summed E-state index contributed by atoms with van der Waals surface area (Å²) < 4.78 is 61.8. The standard InChI is InChI=1S/C34H47F2N5O9S/c35-29(36)20-49-33(45)38-27(11-5-3-1-2-4-9-22-16-26(22)31(43)39-51(47,48)25-12-13-25)32(44)41-19-24(17-28(41)30(37)42)50-34(46)40-15-14-21-8-6-7-10-23(21)18-40/h6-8,10,22,24-29H,1-5,9,11-20H2,(H2,37,42)(H,38,45)(H,39,43)/t22-,24-,26+,27+,28+/m1/s1. The van der Waals surface area contributed by atoms with Crippen LogP contribution in [0.15, 0.2) is 24.3 Å². The summed E-state index contributed by atoms with van der Waals surface area (Å²) >= 11 is 0. The molecule has 0 unspecified atom stereocenters. The molecule has 2 heterocycles. The highest BCUT2D eigenvalue weighted by molar-refractivity contribution is 7.90. The van der Waals surface area contributed by atoms with Crippen LogP contribution in [0, 0.1) is 11.8 Å². The van der Waals surface area contributed by atoms with Crippen molar-refractivity contribution in [1.82, 2.24) is 19.8 Å². The smallest absolute Gasteiger partial charge is 0.410 e. The van der Waals surface area contributed by atoms with Gasteiger partial charge in [0.05, 0.1) is 11.8 Å². The minimum atomic E-state index is -3.55. The Balaban J connectivity index is 1.08. The molecule has 5 atom stereocenters. The summed E-state index contributed by atoms with van der Waals surface area (Å²) in [5.74, 6) is -2.02. The Kier molecular flexibility index (Phi) is 12.7. The minimum Gasteiger partial charge on any atom is -0.444 e. The number of likely N-dealkylation sites (tertiary alicyclic amines) is 1. The molecule has 282 valence electrons. The van der Waals surface area contributed by atoms with Crippen LogP contribution in [0.4, 0.5) is 18.4 Å². The molecule has 3 fully saturated rings. The molecule has 4 N–H and O–H groups in total. The average molecular weight is 740 g/mol. The van der Waals surface area contributed by atoms with Crippen LogP contribution in [-0.2, 0) is 46.8 Å². The summed E-state index contributed by atoms with van der Waals surface area (Å²) in [6.45, 7) is -0.484. The lowest BCUT2D eigenvalue weighted by Crippen LogP contribution is -2.53. The van der Waals surface area contributed by atoms with Crippen LogP contribution < -0.4 is 15.8 Å². The number of halogens is 2. The number of unbranched alkanes of at least 4 members (excludes halogenated alkanes) is 4. The van der Waals surface area contributed by atoms with Crippen molar-refractivity contribution in [2.24, 2.45) is 17.6 Å². The Hall–Kier alpha value is -4.02. The predicted molar refractivity (Wildman–Crippen MR) is 178 cm³/mol. The van der Waals surface area contributed by atoms with E-state index in [9.17, 15) is 41.2 Å². The number of sulfonamides is 1. The van der Waals surface area contributed by atoms with Crippen LogP contribution in [0.5, 0.6) is 0 Å². The third-order valence-corrected chi connectivity index (χ3v) is 11.8. The molecule has 1 saturated heterocycles. The number of carbonyl (C=O) groups is 5. The molecule has 5 rings (SSSR count). The van der Waals surface area contributed by atoms with Crippen molar-refractivity contribution in [3.05, 3.63) is 35.4 Å². The highest BCUT2D eigenvalue weighted by Gasteiger charge is 2.46. The summed E-state index contributed by atoms with van der Waals surface area (Å²) in [6, 6.07) is 5.45. The van der Waals surface area contributed by atoms with E-state index >= 15 is 0 Å². The van der Waals surface area contributed by atoms with Gasteiger partial charge in [0.1, 0.15) is 18.2 Å².